The first-order chi connectivity index (χ1) is 9.45. The minimum absolute atomic E-state index is 0.0659. The highest BCUT2D eigenvalue weighted by Gasteiger charge is 2.18. The molecule has 0 aromatic carbocycles. The van der Waals surface area contributed by atoms with Gasteiger partial charge in [0, 0.05) is 30.4 Å². The fraction of sp³-hybridized carbons (Fsp3) is 0.400. The molecule has 0 spiro atoms. The molecule has 2 heterocycles. The third kappa shape index (κ3) is 4.27. The first-order valence-corrected chi connectivity index (χ1v) is 7.42. The van der Waals surface area contributed by atoms with E-state index in [-0.39, 0.29) is 5.41 Å². The van der Waals surface area contributed by atoms with Crippen LogP contribution >= 0.6 is 15.9 Å². The standard InChI is InChI=1S/C15H19BrN4/c1-15(2,3)14-19-12(16)9-13(20-14)18-8-6-11-5-4-7-17-10-11/h4-5,7,9-10H,6,8H2,1-3H3,(H,18,19,20). The number of nitrogens with one attached hydrogen (secondary N) is 1. The zero-order valence-electron chi connectivity index (χ0n) is 12.0. The van der Waals surface area contributed by atoms with Crippen LogP contribution in [0.1, 0.15) is 32.2 Å². The molecular formula is C15H19BrN4. The molecule has 0 aliphatic rings. The molecule has 0 radical (unpaired) electrons. The molecule has 0 aliphatic heterocycles. The summed E-state index contributed by atoms with van der Waals surface area (Å²) in [6.07, 6.45) is 4.59. The summed E-state index contributed by atoms with van der Waals surface area (Å²) in [7, 11) is 0. The molecule has 2 aromatic heterocycles. The van der Waals surface area contributed by atoms with E-state index in [9.17, 15) is 0 Å². The van der Waals surface area contributed by atoms with Crippen molar-refractivity contribution in [1.29, 1.82) is 0 Å². The minimum atomic E-state index is -0.0659. The van der Waals surface area contributed by atoms with Gasteiger partial charge in [0.1, 0.15) is 16.2 Å². The summed E-state index contributed by atoms with van der Waals surface area (Å²) < 4.78 is 0.807. The van der Waals surface area contributed by atoms with Crippen LogP contribution in [-0.4, -0.2) is 21.5 Å². The topological polar surface area (TPSA) is 50.7 Å². The summed E-state index contributed by atoms with van der Waals surface area (Å²) in [5, 5.41) is 3.34. The Kier molecular flexibility index (Phi) is 4.70. The highest BCUT2D eigenvalue weighted by Crippen LogP contribution is 2.22. The van der Waals surface area contributed by atoms with E-state index in [4.69, 9.17) is 0 Å². The maximum atomic E-state index is 4.57. The molecule has 0 unspecified atom stereocenters. The Morgan fingerprint density at radius 3 is 2.70 bits per heavy atom. The minimum Gasteiger partial charge on any atom is -0.370 e. The van der Waals surface area contributed by atoms with E-state index in [1.165, 1.54) is 5.56 Å². The van der Waals surface area contributed by atoms with Crippen molar-refractivity contribution in [1.82, 2.24) is 15.0 Å². The molecule has 2 aromatic rings. The smallest absolute Gasteiger partial charge is 0.137 e. The molecule has 0 saturated heterocycles. The summed E-state index contributed by atoms with van der Waals surface area (Å²) in [5.74, 6) is 1.68. The van der Waals surface area contributed by atoms with Crippen molar-refractivity contribution in [2.24, 2.45) is 0 Å². The summed E-state index contributed by atoms with van der Waals surface area (Å²) in [6.45, 7) is 7.13. The Morgan fingerprint density at radius 2 is 2.05 bits per heavy atom. The van der Waals surface area contributed by atoms with Crippen LogP contribution in [0.2, 0.25) is 0 Å². The Morgan fingerprint density at radius 1 is 1.25 bits per heavy atom. The number of aromatic nitrogens is 3. The fourth-order valence-corrected chi connectivity index (χ4v) is 2.11. The first kappa shape index (κ1) is 14.9. The van der Waals surface area contributed by atoms with Crippen molar-refractivity contribution >= 4 is 21.7 Å². The number of anilines is 1. The molecule has 0 amide bonds. The lowest BCUT2D eigenvalue weighted by Crippen LogP contribution is -2.18. The summed E-state index contributed by atoms with van der Waals surface area (Å²) in [6, 6.07) is 5.93. The SMILES string of the molecule is CC(C)(C)c1nc(Br)cc(NCCc2cccnc2)n1. The van der Waals surface area contributed by atoms with Crippen LogP contribution in [0.5, 0.6) is 0 Å². The van der Waals surface area contributed by atoms with Gasteiger partial charge >= 0.3 is 0 Å². The second-order valence-corrected chi connectivity index (χ2v) is 6.50. The molecule has 2 rings (SSSR count). The quantitative estimate of drug-likeness (QED) is 0.868. The average Bonchev–Trinajstić information content (AvgIpc) is 2.38. The number of hydrogen-bond donors (Lipinski definition) is 1. The highest BCUT2D eigenvalue weighted by molar-refractivity contribution is 9.10. The molecule has 1 N–H and O–H groups in total. The maximum absolute atomic E-state index is 4.57. The van der Waals surface area contributed by atoms with Gasteiger partial charge in [0.15, 0.2) is 0 Å². The predicted molar refractivity (Wildman–Crippen MR) is 84.9 cm³/mol. The summed E-state index contributed by atoms with van der Waals surface area (Å²) >= 11 is 3.44. The van der Waals surface area contributed by atoms with Gasteiger partial charge in [-0.25, -0.2) is 9.97 Å². The Balaban J connectivity index is 2.01. The molecule has 0 bridgehead atoms. The second-order valence-electron chi connectivity index (χ2n) is 5.69. The Hall–Kier alpha value is -1.49. The van der Waals surface area contributed by atoms with Crippen LogP contribution in [-0.2, 0) is 11.8 Å². The van der Waals surface area contributed by atoms with Gasteiger partial charge in [0.05, 0.1) is 0 Å². The van der Waals surface area contributed by atoms with Crippen molar-refractivity contribution in [3.05, 3.63) is 46.6 Å². The highest BCUT2D eigenvalue weighted by atomic mass is 79.9. The van der Waals surface area contributed by atoms with Crippen molar-refractivity contribution in [3.63, 3.8) is 0 Å². The van der Waals surface area contributed by atoms with Gasteiger partial charge in [-0.1, -0.05) is 26.8 Å². The van der Waals surface area contributed by atoms with Crippen LogP contribution < -0.4 is 5.32 Å². The molecular weight excluding hydrogens is 316 g/mol. The van der Waals surface area contributed by atoms with Crippen molar-refractivity contribution in [3.8, 4) is 0 Å². The van der Waals surface area contributed by atoms with E-state index in [2.05, 4.69) is 63.0 Å². The molecule has 4 nitrogen and oxygen atoms in total. The number of pyridine rings is 1. The molecule has 5 heteroatoms. The third-order valence-electron chi connectivity index (χ3n) is 2.81. The summed E-state index contributed by atoms with van der Waals surface area (Å²) in [5.41, 5.74) is 1.15. The van der Waals surface area contributed by atoms with Gasteiger partial charge in [0.2, 0.25) is 0 Å². The van der Waals surface area contributed by atoms with Gasteiger partial charge in [-0.3, -0.25) is 4.98 Å². The average molecular weight is 335 g/mol. The zero-order chi connectivity index (χ0) is 14.6. The van der Waals surface area contributed by atoms with Crippen molar-refractivity contribution < 1.29 is 0 Å². The van der Waals surface area contributed by atoms with Gasteiger partial charge in [-0.2, -0.15) is 0 Å². The van der Waals surface area contributed by atoms with Crippen molar-refractivity contribution in [2.75, 3.05) is 11.9 Å². The monoisotopic (exact) mass is 334 g/mol. The molecule has 0 atom stereocenters. The molecule has 0 fully saturated rings. The van der Waals surface area contributed by atoms with Gasteiger partial charge < -0.3 is 5.32 Å². The summed E-state index contributed by atoms with van der Waals surface area (Å²) in [4.78, 5) is 13.1. The Bertz CT molecular complexity index is 564. The van der Waals surface area contributed by atoms with Crippen molar-refractivity contribution in [2.45, 2.75) is 32.6 Å². The van der Waals surface area contributed by atoms with Gasteiger partial charge in [0.25, 0.3) is 0 Å². The molecule has 106 valence electrons. The fourth-order valence-electron chi connectivity index (χ4n) is 1.72. The van der Waals surface area contributed by atoms with Crippen LogP contribution in [0.4, 0.5) is 5.82 Å². The largest absolute Gasteiger partial charge is 0.370 e. The van der Waals surface area contributed by atoms with Crippen LogP contribution in [0.15, 0.2) is 35.2 Å². The van der Waals surface area contributed by atoms with Gasteiger partial charge in [-0.05, 0) is 34.0 Å². The van der Waals surface area contributed by atoms with Crippen LogP contribution in [0.3, 0.4) is 0 Å². The number of hydrogen-bond acceptors (Lipinski definition) is 4. The Labute approximate surface area is 128 Å². The number of halogens is 1. The normalized spacial score (nSPS) is 11.4. The van der Waals surface area contributed by atoms with Gasteiger partial charge in [-0.15, -0.1) is 0 Å². The lowest BCUT2D eigenvalue weighted by molar-refractivity contribution is 0.544. The lowest BCUT2D eigenvalue weighted by Gasteiger charge is -2.18. The zero-order valence-corrected chi connectivity index (χ0v) is 13.6. The van der Waals surface area contributed by atoms with E-state index in [1.807, 2.05) is 18.3 Å². The van der Waals surface area contributed by atoms with E-state index in [1.54, 1.807) is 6.20 Å². The molecule has 20 heavy (non-hydrogen) atoms. The molecule has 0 aliphatic carbocycles. The van der Waals surface area contributed by atoms with Crippen LogP contribution in [0, 0.1) is 0 Å². The third-order valence-corrected chi connectivity index (χ3v) is 3.21. The second kappa shape index (κ2) is 6.31. The maximum Gasteiger partial charge on any atom is 0.137 e. The van der Waals surface area contributed by atoms with E-state index in [0.29, 0.717) is 0 Å². The van der Waals surface area contributed by atoms with E-state index >= 15 is 0 Å². The number of rotatable bonds is 4. The lowest BCUT2D eigenvalue weighted by atomic mass is 9.96. The first-order valence-electron chi connectivity index (χ1n) is 6.63. The number of nitrogens with zero attached hydrogens (tertiary/aromatic N) is 3. The van der Waals surface area contributed by atoms with Crippen LogP contribution in [0.25, 0.3) is 0 Å². The van der Waals surface area contributed by atoms with E-state index in [0.717, 1.165) is 29.2 Å². The van der Waals surface area contributed by atoms with E-state index < -0.39 is 0 Å². The molecule has 0 saturated carbocycles. The predicted octanol–water partition coefficient (Wildman–Crippen LogP) is 3.59.